The van der Waals surface area contributed by atoms with Gasteiger partial charge in [0.15, 0.2) is 0 Å². The Hall–Kier alpha value is -1.71. The molecule has 1 fully saturated rings. The molecule has 29 heavy (non-hydrogen) atoms. The summed E-state index contributed by atoms with van der Waals surface area (Å²) in [4.78, 5) is 0. The number of ether oxygens (including phenoxy) is 2. The van der Waals surface area contributed by atoms with Crippen LogP contribution >= 0.6 is 11.6 Å². The van der Waals surface area contributed by atoms with Gasteiger partial charge in [0, 0.05) is 5.02 Å². The molecule has 0 radical (unpaired) electrons. The quantitative estimate of drug-likeness (QED) is 0.465. The van der Waals surface area contributed by atoms with E-state index in [1.165, 1.54) is 0 Å². The van der Waals surface area contributed by atoms with Crippen LogP contribution in [0.2, 0.25) is 5.02 Å². The Labute approximate surface area is 173 Å². The van der Waals surface area contributed by atoms with Crippen LogP contribution in [-0.4, -0.2) is 69.8 Å². The number of halogens is 1. The van der Waals surface area contributed by atoms with E-state index in [0.29, 0.717) is 17.0 Å². The topological polar surface area (TPSA) is 120 Å². The molecule has 0 bridgehead atoms. The van der Waals surface area contributed by atoms with E-state index in [1.54, 1.807) is 25.3 Å². The number of methoxy groups -OCH3 is 1. The number of hydrogen-bond acceptors (Lipinski definition) is 7. The van der Waals surface area contributed by atoms with Crippen molar-refractivity contribution in [2.45, 2.75) is 36.4 Å². The summed E-state index contributed by atoms with van der Waals surface area (Å²) in [5.41, 5.74) is 0.469. The summed E-state index contributed by atoms with van der Waals surface area (Å²) in [6.45, 7) is -1.45. The maximum absolute atomic E-state index is 10.4. The molecule has 2 aromatic carbocycles. The summed E-state index contributed by atoms with van der Waals surface area (Å²) in [5.74, 6) is 0.740. The summed E-state index contributed by atoms with van der Waals surface area (Å²) >= 11 is 6.35. The van der Waals surface area contributed by atoms with Gasteiger partial charge in [-0.25, -0.2) is 0 Å². The van der Waals surface area contributed by atoms with Crippen molar-refractivity contribution in [3.63, 3.8) is 0 Å². The zero-order valence-corrected chi connectivity index (χ0v) is 16.7. The standard InChI is InChI=1S/C21H25ClO7/c1-28-15-5-2-12(3-6-15)8-14-9-13(4-7-16(14)22)19-17(25)18(26)20(27)21(10-23,11-24)29-19/h2-7,9,17-20,23-27H,8,10-11H2,1H3/t17-,18-,19+,20+/m1/s1. The van der Waals surface area contributed by atoms with E-state index in [9.17, 15) is 25.5 Å². The van der Waals surface area contributed by atoms with Gasteiger partial charge in [0.25, 0.3) is 0 Å². The van der Waals surface area contributed by atoms with Crippen molar-refractivity contribution in [1.29, 1.82) is 0 Å². The van der Waals surface area contributed by atoms with Crippen molar-refractivity contribution in [2.75, 3.05) is 20.3 Å². The third-order valence-electron chi connectivity index (χ3n) is 5.37. The van der Waals surface area contributed by atoms with E-state index in [2.05, 4.69) is 0 Å². The van der Waals surface area contributed by atoms with E-state index in [-0.39, 0.29) is 0 Å². The van der Waals surface area contributed by atoms with Crippen LogP contribution in [0.25, 0.3) is 0 Å². The second-order valence-electron chi connectivity index (χ2n) is 7.22. The number of rotatable bonds is 6. The van der Waals surface area contributed by atoms with Crippen LogP contribution in [0.4, 0.5) is 0 Å². The second kappa shape index (κ2) is 8.97. The molecule has 0 aromatic heterocycles. The van der Waals surface area contributed by atoms with Gasteiger partial charge in [-0.1, -0.05) is 35.9 Å². The first-order valence-electron chi connectivity index (χ1n) is 9.20. The van der Waals surface area contributed by atoms with E-state index in [4.69, 9.17) is 21.1 Å². The second-order valence-corrected chi connectivity index (χ2v) is 7.63. The molecule has 2 aromatic rings. The summed E-state index contributed by atoms with van der Waals surface area (Å²) in [6.07, 6.45) is -5.26. The van der Waals surface area contributed by atoms with Crippen molar-refractivity contribution < 1.29 is 35.0 Å². The minimum Gasteiger partial charge on any atom is -0.497 e. The molecule has 3 rings (SSSR count). The molecule has 0 saturated carbocycles. The minimum absolute atomic E-state index is 0.502. The van der Waals surface area contributed by atoms with E-state index < -0.39 is 43.2 Å². The Balaban J connectivity index is 1.91. The van der Waals surface area contributed by atoms with Gasteiger partial charge >= 0.3 is 0 Å². The van der Waals surface area contributed by atoms with Crippen LogP contribution < -0.4 is 4.74 Å². The molecule has 7 nitrogen and oxygen atoms in total. The van der Waals surface area contributed by atoms with E-state index in [0.717, 1.165) is 16.9 Å². The molecule has 158 valence electrons. The van der Waals surface area contributed by atoms with E-state index >= 15 is 0 Å². The Morgan fingerprint density at radius 3 is 2.24 bits per heavy atom. The molecule has 1 saturated heterocycles. The smallest absolute Gasteiger partial charge is 0.143 e. The third kappa shape index (κ3) is 4.27. The van der Waals surface area contributed by atoms with Crippen LogP contribution in [0.5, 0.6) is 5.75 Å². The van der Waals surface area contributed by atoms with Crippen LogP contribution in [0.15, 0.2) is 42.5 Å². The highest BCUT2D eigenvalue weighted by atomic mass is 35.5. The Morgan fingerprint density at radius 1 is 1.00 bits per heavy atom. The van der Waals surface area contributed by atoms with Gasteiger partial charge < -0.3 is 35.0 Å². The van der Waals surface area contributed by atoms with Gasteiger partial charge in [-0.3, -0.25) is 0 Å². The van der Waals surface area contributed by atoms with Gasteiger partial charge in [0.2, 0.25) is 0 Å². The third-order valence-corrected chi connectivity index (χ3v) is 5.74. The normalized spacial score (nSPS) is 26.3. The molecule has 5 N–H and O–H groups in total. The summed E-state index contributed by atoms with van der Waals surface area (Å²) in [7, 11) is 1.59. The molecule has 0 aliphatic carbocycles. The van der Waals surface area contributed by atoms with Crippen molar-refractivity contribution in [3.8, 4) is 5.75 Å². The maximum Gasteiger partial charge on any atom is 0.143 e. The van der Waals surface area contributed by atoms with E-state index in [1.807, 2.05) is 24.3 Å². The predicted molar refractivity (Wildman–Crippen MR) is 106 cm³/mol. The van der Waals surface area contributed by atoms with Crippen molar-refractivity contribution in [3.05, 3.63) is 64.2 Å². The fraction of sp³-hybridized carbons (Fsp3) is 0.429. The molecular formula is C21H25ClO7. The predicted octanol–water partition coefficient (Wildman–Crippen LogP) is 0.817. The van der Waals surface area contributed by atoms with Gasteiger partial charge in [-0.2, -0.15) is 0 Å². The highest BCUT2D eigenvalue weighted by Gasteiger charge is 2.53. The van der Waals surface area contributed by atoms with Crippen molar-refractivity contribution in [1.82, 2.24) is 0 Å². The first-order chi connectivity index (χ1) is 13.8. The average Bonchev–Trinajstić information content (AvgIpc) is 2.75. The largest absolute Gasteiger partial charge is 0.497 e. The molecular weight excluding hydrogens is 400 g/mol. The summed E-state index contributed by atoms with van der Waals surface area (Å²) in [5, 5.41) is 50.7. The molecule has 0 spiro atoms. The molecule has 1 aliphatic rings. The number of benzene rings is 2. The number of aliphatic hydroxyl groups is 5. The zero-order chi connectivity index (χ0) is 21.2. The molecule has 0 unspecified atom stereocenters. The summed E-state index contributed by atoms with van der Waals surface area (Å²) in [6, 6.07) is 12.5. The molecule has 8 heteroatoms. The number of aliphatic hydroxyl groups excluding tert-OH is 5. The lowest BCUT2D eigenvalue weighted by atomic mass is 9.83. The average molecular weight is 425 g/mol. The zero-order valence-electron chi connectivity index (χ0n) is 15.9. The highest BCUT2D eigenvalue weighted by Crippen LogP contribution is 2.39. The fourth-order valence-electron chi connectivity index (χ4n) is 3.52. The van der Waals surface area contributed by atoms with Gasteiger partial charge in [-0.15, -0.1) is 0 Å². The van der Waals surface area contributed by atoms with Crippen molar-refractivity contribution in [2.24, 2.45) is 0 Å². The minimum atomic E-state index is -1.79. The summed E-state index contributed by atoms with van der Waals surface area (Å²) < 4.78 is 10.9. The number of hydrogen-bond donors (Lipinski definition) is 5. The molecule has 1 heterocycles. The molecule has 4 atom stereocenters. The first-order valence-corrected chi connectivity index (χ1v) is 9.58. The Morgan fingerprint density at radius 2 is 1.66 bits per heavy atom. The molecule has 0 amide bonds. The lowest BCUT2D eigenvalue weighted by molar-refractivity contribution is -0.289. The van der Waals surface area contributed by atoms with Crippen molar-refractivity contribution >= 4 is 11.6 Å². The first kappa shape index (κ1) is 22.0. The lowest BCUT2D eigenvalue weighted by Gasteiger charge is -2.47. The Kier molecular flexibility index (Phi) is 6.80. The van der Waals surface area contributed by atoms with Crippen LogP contribution in [0, 0.1) is 0 Å². The lowest BCUT2D eigenvalue weighted by Crippen LogP contribution is -2.65. The highest BCUT2D eigenvalue weighted by molar-refractivity contribution is 6.31. The van der Waals surface area contributed by atoms with Gasteiger partial charge in [0.1, 0.15) is 35.8 Å². The van der Waals surface area contributed by atoms with Gasteiger partial charge in [-0.05, 0) is 41.3 Å². The maximum atomic E-state index is 10.4. The van der Waals surface area contributed by atoms with Crippen LogP contribution in [0.1, 0.15) is 22.8 Å². The Bertz CT molecular complexity index is 822. The fourth-order valence-corrected chi connectivity index (χ4v) is 3.70. The SMILES string of the molecule is COc1ccc(Cc2cc([C@@H]3OC(CO)(CO)[C@@H](O)[C@H](O)[C@H]3O)ccc2Cl)cc1. The van der Waals surface area contributed by atoms with Crippen LogP contribution in [0.3, 0.4) is 0 Å². The van der Waals surface area contributed by atoms with Gasteiger partial charge in [0.05, 0.1) is 20.3 Å². The van der Waals surface area contributed by atoms with Crippen LogP contribution in [-0.2, 0) is 11.2 Å². The molecule has 1 aliphatic heterocycles. The monoisotopic (exact) mass is 424 g/mol.